The summed E-state index contributed by atoms with van der Waals surface area (Å²) in [4.78, 5) is 40.4. The van der Waals surface area contributed by atoms with Crippen molar-refractivity contribution in [2.45, 2.75) is 91.8 Å². The van der Waals surface area contributed by atoms with E-state index in [9.17, 15) is 19.7 Å². The minimum atomic E-state index is -1.60. The topological polar surface area (TPSA) is 111 Å². The number of nitro groups is 1. The maximum atomic E-state index is 13.7. The molecule has 2 aliphatic rings. The molecule has 11 heteroatoms. The van der Waals surface area contributed by atoms with Crippen LogP contribution in [-0.2, 0) is 20.5 Å². The first kappa shape index (κ1) is 30.9. The molecule has 1 aromatic rings. The Balaban J connectivity index is 1.82. The SMILES string of the molecule is C[SiH](C)O[C@]1(C2CCN(C(=O)OC(C)(C)C)CC2)C[C@H](C(C)(C)C)CN1C(=O)OCc1ccc([N+](=O)[O-])cc1. The fourth-order valence-corrected chi connectivity index (χ4v) is 6.72. The number of ether oxygens (including phenoxy) is 2. The third-order valence-corrected chi connectivity index (χ3v) is 8.46. The van der Waals surface area contributed by atoms with Gasteiger partial charge in [0.1, 0.15) is 17.9 Å². The summed E-state index contributed by atoms with van der Waals surface area (Å²) in [6.45, 7) is 18.0. The molecule has 2 amide bonds. The first-order chi connectivity index (χ1) is 18.0. The Bertz CT molecular complexity index is 1030. The van der Waals surface area contributed by atoms with E-state index in [0.29, 0.717) is 44.5 Å². The quantitative estimate of drug-likeness (QED) is 0.239. The molecule has 1 aromatic carbocycles. The van der Waals surface area contributed by atoms with Gasteiger partial charge in [0.05, 0.1) is 4.92 Å². The van der Waals surface area contributed by atoms with Crippen molar-refractivity contribution in [1.29, 1.82) is 0 Å². The molecule has 2 heterocycles. The van der Waals surface area contributed by atoms with Gasteiger partial charge in [0.2, 0.25) is 0 Å². The minimum absolute atomic E-state index is 0.00956. The Morgan fingerprint density at radius 2 is 1.64 bits per heavy atom. The normalized spacial score (nSPS) is 22.7. The largest absolute Gasteiger partial charge is 0.444 e. The van der Waals surface area contributed by atoms with Crippen molar-refractivity contribution in [3.05, 3.63) is 39.9 Å². The van der Waals surface area contributed by atoms with Crippen LogP contribution in [0.5, 0.6) is 0 Å². The molecule has 0 saturated carbocycles. The number of piperidine rings is 1. The number of rotatable bonds is 6. The first-order valence-electron chi connectivity index (χ1n) is 13.9. The second-order valence-corrected chi connectivity index (χ2v) is 15.4. The zero-order chi connectivity index (χ0) is 29.2. The Morgan fingerprint density at radius 1 is 1.05 bits per heavy atom. The van der Waals surface area contributed by atoms with E-state index in [4.69, 9.17) is 13.9 Å². The summed E-state index contributed by atoms with van der Waals surface area (Å²) in [5, 5.41) is 11.0. The predicted molar refractivity (Wildman–Crippen MR) is 151 cm³/mol. The number of likely N-dealkylation sites (tertiary alicyclic amines) is 2. The lowest BCUT2D eigenvalue weighted by atomic mass is 9.76. The van der Waals surface area contributed by atoms with Crippen LogP contribution < -0.4 is 0 Å². The molecule has 0 aromatic heterocycles. The number of hydrogen-bond donors (Lipinski definition) is 0. The van der Waals surface area contributed by atoms with E-state index >= 15 is 0 Å². The average Bonchev–Trinajstić information content (AvgIpc) is 3.22. The maximum absolute atomic E-state index is 13.7. The molecule has 2 aliphatic heterocycles. The van der Waals surface area contributed by atoms with Crippen LogP contribution in [0.4, 0.5) is 15.3 Å². The monoisotopic (exact) mass is 563 g/mol. The van der Waals surface area contributed by atoms with E-state index in [1.807, 2.05) is 20.8 Å². The molecule has 2 saturated heterocycles. The van der Waals surface area contributed by atoms with E-state index in [1.165, 1.54) is 12.1 Å². The fourth-order valence-electron chi connectivity index (χ4n) is 5.49. The summed E-state index contributed by atoms with van der Waals surface area (Å²) in [5.41, 5.74) is -0.736. The van der Waals surface area contributed by atoms with Gasteiger partial charge in [0, 0.05) is 37.7 Å². The van der Waals surface area contributed by atoms with Crippen LogP contribution in [-0.4, -0.2) is 66.9 Å². The van der Waals surface area contributed by atoms with E-state index < -0.39 is 31.4 Å². The number of nitrogens with zero attached hydrogens (tertiary/aromatic N) is 3. The summed E-state index contributed by atoms with van der Waals surface area (Å²) in [5.74, 6) is 0.256. The van der Waals surface area contributed by atoms with Gasteiger partial charge in [-0.3, -0.25) is 15.0 Å². The van der Waals surface area contributed by atoms with Crippen molar-refractivity contribution in [3.63, 3.8) is 0 Å². The molecule has 39 heavy (non-hydrogen) atoms. The van der Waals surface area contributed by atoms with Gasteiger partial charge in [0.15, 0.2) is 9.04 Å². The molecule has 2 atom stereocenters. The molecule has 0 N–H and O–H groups in total. The Morgan fingerprint density at radius 3 is 2.13 bits per heavy atom. The highest BCUT2D eigenvalue weighted by molar-refractivity contribution is 6.48. The molecule has 10 nitrogen and oxygen atoms in total. The number of carbonyl (C=O) groups excluding carboxylic acids is 2. The highest BCUT2D eigenvalue weighted by atomic mass is 28.3. The van der Waals surface area contributed by atoms with E-state index in [1.54, 1.807) is 21.9 Å². The van der Waals surface area contributed by atoms with Crippen LogP contribution in [0.3, 0.4) is 0 Å². The standard InChI is InChI=1S/C28H45N3O7Si/c1-26(2,3)22-17-28(38-39(7)8,21-13-15-29(16-14-21)24(32)37-27(4,5)6)30(18-22)25(33)36-19-20-9-11-23(12-10-20)31(34)35/h9-12,21-22,39H,13-19H2,1-8H3/t22-,28-/m0/s1. The summed E-state index contributed by atoms with van der Waals surface area (Å²) in [7, 11) is -1.60. The van der Waals surface area contributed by atoms with E-state index in [2.05, 4.69) is 33.9 Å². The summed E-state index contributed by atoms with van der Waals surface area (Å²) in [6, 6.07) is 6.02. The lowest BCUT2D eigenvalue weighted by Crippen LogP contribution is -2.58. The number of nitro benzene ring substituents is 1. The average molecular weight is 564 g/mol. The number of hydrogen-bond acceptors (Lipinski definition) is 7. The smallest absolute Gasteiger partial charge is 0.412 e. The Hall–Kier alpha value is -2.66. The van der Waals surface area contributed by atoms with Gasteiger partial charge in [-0.1, -0.05) is 20.8 Å². The molecule has 2 fully saturated rings. The fraction of sp³-hybridized carbons (Fsp3) is 0.714. The van der Waals surface area contributed by atoms with Crippen molar-refractivity contribution in [1.82, 2.24) is 9.80 Å². The molecule has 0 bridgehead atoms. The Labute approximate surface area is 233 Å². The molecular weight excluding hydrogens is 518 g/mol. The maximum Gasteiger partial charge on any atom is 0.412 e. The first-order valence-corrected chi connectivity index (χ1v) is 16.6. The van der Waals surface area contributed by atoms with Crippen molar-refractivity contribution < 1.29 is 28.4 Å². The second-order valence-electron chi connectivity index (χ2n) is 13.1. The number of carbonyl (C=O) groups is 2. The van der Waals surface area contributed by atoms with Crippen LogP contribution in [0.2, 0.25) is 13.1 Å². The molecular formula is C28H45N3O7Si. The molecule has 0 radical (unpaired) electrons. The van der Waals surface area contributed by atoms with Crippen LogP contribution in [0.15, 0.2) is 24.3 Å². The minimum Gasteiger partial charge on any atom is -0.444 e. The van der Waals surface area contributed by atoms with Gasteiger partial charge in [-0.05, 0) is 82.2 Å². The third-order valence-electron chi connectivity index (χ3n) is 7.58. The molecule has 0 unspecified atom stereocenters. The highest BCUT2D eigenvalue weighted by Gasteiger charge is 2.57. The zero-order valence-corrected chi connectivity index (χ0v) is 25.8. The van der Waals surface area contributed by atoms with Gasteiger partial charge in [-0.2, -0.15) is 0 Å². The number of benzene rings is 1. The van der Waals surface area contributed by atoms with Crippen LogP contribution in [0, 0.1) is 27.4 Å². The number of amides is 2. The van der Waals surface area contributed by atoms with Crippen LogP contribution in [0.25, 0.3) is 0 Å². The highest BCUT2D eigenvalue weighted by Crippen LogP contribution is 2.49. The van der Waals surface area contributed by atoms with Gasteiger partial charge < -0.3 is 18.8 Å². The summed E-state index contributed by atoms with van der Waals surface area (Å²) >= 11 is 0. The second kappa shape index (κ2) is 11.8. The zero-order valence-electron chi connectivity index (χ0n) is 24.7. The van der Waals surface area contributed by atoms with Gasteiger partial charge in [-0.15, -0.1) is 0 Å². The molecule has 0 spiro atoms. The van der Waals surface area contributed by atoms with Crippen molar-refractivity contribution >= 4 is 26.9 Å². The van der Waals surface area contributed by atoms with Crippen molar-refractivity contribution in [3.8, 4) is 0 Å². The Kier molecular flexibility index (Phi) is 9.37. The molecule has 3 rings (SSSR count). The van der Waals surface area contributed by atoms with E-state index in [0.717, 1.165) is 0 Å². The van der Waals surface area contributed by atoms with E-state index in [-0.39, 0.29) is 35.6 Å². The predicted octanol–water partition coefficient (Wildman–Crippen LogP) is 5.94. The van der Waals surface area contributed by atoms with Crippen LogP contribution >= 0.6 is 0 Å². The van der Waals surface area contributed by atoms with Gasteiger partial charge in [-0.25, -0.2) is 9.59 Å². The lowest BCUT2D eigenvalue weighted by Gasteiger charge is -2.48. The summed E-state index contributed by atoms with van der Waals surface area (Å²) < 4.78 is 18.2. The molecule has 218 valence electrons. The molecule has 0 aliphatic carbocycles. The van der Waals surface area contributed by atoms with Crippen molar-refractivity contribution in [2.75, 3.05) is 19.6 Å². The van der Waals surface area contributed by atoms with Crippen LogP contribution in [0.1, 0.15) is 66.4 Å². The lowest BCUT2D eigenvalue weighted by molar-refractivity contribution is -0.384. The van der Waals surface area contributed by atoms with Gasteiger partial charge in [0.25, 0.3) is 5.69 Å². The third kappa shape index (κ3) is 7.72. The van der Waals surface area contributed by atoms with Gasteiger partial charge >= 0.3 is 12.2 Å². The van der Waals surface area contributed by atoms with Crippen molar-refractivity contribution in [2.24, 2.45) is 17.3 Å². The number of non-ortho nitro benzene ring substituents is 1. The summed E-state index contributed by atoms with van der Waals surface area (Å²) in [6.07, 6.45) is 1.36.